The quantitative estimate of drug-likeness (QED) is 0.447. The molecule has 9 heteroatoms. The first-order valence-corrected chi connectivity index (χ1v) is 9.63. The molecule has 146 valence electrons. The number of furan rings is 1. The van der Waals surface area contributed by atoms with Crippen LogP contribution in [-0.4, -0.2) is 34.4 Å². The zero-order chi connectivity index (χ0) is 19.9. The molecule has 0 aliphatic carbocycles. The van der Waals surface area contributed by atoms with Gasteiger partial charge in [-0.25, -0.2) is 4.79 Å². The molecule has 0 radical (unpaired) electrons. The van der Waals surface area contributed by atoms with Crippen LogP contribution < -0.4 is 5.32 Å². The maximum atomic E-state index is 12.1. The molecule has 3 rings (SSSR count). The van der Waals surface area contributed by atoms with E-state index in [1.807, 2.05) is 6.92 Å². The van der Waals surface area contributed by atoms with Gasteiger partial charge in [-0.1, -0.05) is 18.7 Å². The summed E-state index contributed by atoms with van der Waals surface area (Å²) in [5.41, 5.74) is 1.74. The lowest BCUT2D eigenvalue weighted by molar-refractivity contribution is -0.113. The van der Waals surface area contributed by atoms with E-state index in [0.29, 0.717) is 34.7 Å². The molecule has 0 bridgehead atoms. The van der Waals surface area contributed by atoms with E-state index in [-0.39, 0.29) is 17.6 Å². The number of hydrogen-bond donors (Lipinski definition) is 1. The molecule has 0 spiro atoms. The fourth-order valence-corrected chi connectivity index (χ4v) is 2.84. The van der Waals surface area contributed by atoms with Crippen molar-refractivity contribution in [1.82, 2.24) is 10.2 Å². The molecule has 0 fully saturated rings. The van der Waals surface area contributed by atoms with Crippen molar-refractivity contribution in [2.24, 2.45) is 0 Å². The lowest BCUT2D eigenvalue weighted by atomic mass is 10.2. The van der Waals surface area contributed by atoms with Gasteiger partial charge in [-0.3, -0.25) is 4.79 Å². The van der Waals surface area contributed by atoms with Crippen LogP contribution in [0.5, 0.6) is 0 Å². The number of thioether (sulfide) groups is 1. The Labute approximate surface area is 165 Å². The number of nitrogens with one attached hydrogen (secondary N) is 1. The van der Waals surface area contributed by atoms with E-state index < -0.39 is 0 Å². The minimum absolute atomic E-state index is 0.103. The van der Waals surface area contributed by atoms with Gasteiger partial charge in [0.25, 0.3) is 11.1 Å². The molecule has 3 aromatic rings. The standard InChI is InChI=1S/C19H19N3O5S/c1-3-9-26-18(24)13-4-6-14(7-5-13)20-16(23)11-28-19-22-21-17(27-19)15-8-10-25-12(15)2/h4-8,10H,3,9,11H2,1-2H3,(H,20,23). The zero-order valence-corrected chi connectivity index (χ0v) is 16.2. The molecule has 0 aliphatic rings. The fourth-order valence-electron chi connectivity index (χ4n) is 2.28. The molecule has 2 heterocycles. The fraction of sp³-hybridized carbons (Fsp3) is 0.263. The van der Waals surface area contributed by atoms with Crippen LogP contribution in [0.4, 0.5) is 5.69 Å². The monoisotopic (exact) mass is 401 g/mol. The second-order valence-electron chi connectivity index (χ2n) is 5.81. The summed E-state index contributed by atoms with van der Waals surface area (Å²) in [5.74, 6) is 0.521. The van der Waals surface area contributed by atoms with Crippen LogP contribution in [0.25, 0.3) is 11.5 Å². The summed E-state index contributed by atoms with van der Waals surface area (Å²) in [5, 5.41) is 10.9. The molecule has 0 aliphatic heterocycles. The Morgan fingerprint density at radius 1 is 1.18 bits per heavy atom. The average molecular weight is 401 g/mol. The molecule has 0 saturated carbocycles. The Balaban J connectivity index is 1.50. The second-order valence-corrected chi connectivity index (χ2v) is 6.74. The third kappa shape index (κ3) is 5.01. The van der Waals surface area contributed by atoms with Gasteiger partial charge in [0, 0.05) is 5.69 Å². The van der Waals surface area contributed by atoms with Gasteiger partial charge >= 0.3 is 5.97 Å². The van der Waals surface area contributed by atoms with E-state index in [2.05, 4.69) is 15.5 Å². The normalized spacial score (nSPS) is 10.6. The predicted octanol–water partition coefficient (Wildman–Crippen LogP) is 3.94. The molecule has 28 heavy (non-hydrogen) atoms. The number of carbonyl (C=O) groups excluding carboxylic acids is 2. The van der Waals surface area contributed by atoms with Crippen LogP contribution in [0.15, 0.2) is 50.7 Å². The Kier molecular flexibility index (Phi) is 6.49. The van der Waals surface area contributed by atoms with E-state index in [1.54, 1.807) is 43.5 Å². The molecule has 1 N–H and O–H groups in total. The molecule has 1 amide bonds. The van der Waals surface area contributed by atoms with Gasteiger partial charge in [0.1, 0.15) is 5.76 Å². The molecular formula is C19H19N3O5S. The second kappa shape index (κ2) is 9.23. The lowest BCUT2D eigenvalue weighted by Gasteiger charge is -2.06. The van der Waals surface area contributed by atoms with E-state index in [4.69, 9.17) is 13.6 Å². The van der Waals surface area contributed by atoms with Gasteiger partial charge in [-0.15, -0.1) is 10.2 Å². The van der Waals surface area contributed by atoms with Crippen LogP contribution in [0.1, 0.15) is 29.5 Å². The van der Waals surface area contributed by atoms with Crippen LogP contribution in [0.3, 0.4) is 0 Å². The predicted molar refractivity (Wildman–Crippen MR) is 103 cm³/mol. The number of aryl methyl sites for hydroxylation is 1. The summed E-state index contributed by atoms with van der Waals surface area (Å²) < 4.78 is 15.8. The largest absolute Gasteiger partial charge is 0.469 e. The lowest BCUT2D eigenvalue weighted by Crippen LogP contribution is -2.14. The summed E-state index contributed by atoms with van der Waals surface area (Å²) in [4.78, 5) is 23.9. The minimum atomic E-state index is -0.379. The van der Waals surface area contributed by atoms with Crippen molar-refractivity contribution in [3.8, 4) is 11.5 Å². The summed E-state index contributed by atoms with van der Waals surface area (Å²) in [6.07, 6.45) is 2.31. The van der Waals surface area contributed by atoms with Gasteiger partial charge in [0.05, 0.1) is 29.7 Å². The van der Waals surface area contributed by atoms with Gasteiger partial charge in [0.15, 0.2) is 0 Å². The molecule has 8 nitrogen and oxygen atoms in total. The van der Waals surface area contributed by atoms with Crippen molar-refractivity contribution in [1.29, 1.82) is 0 Å². The van der Waals surface area contributed by atoms with E-state index in [0.717, 1.165) is 23.7 Å². The Morgan fingerprint density at radius 2 is 1.96 bits per heavy atom. The number of amides is 1. The number of aromatic nitrogens is 2. The summed E-state index contributed by atoms with van der Waals surface area (Å²) in [6.45, 7) is 4.11. The van der Waals surface area contributed by atoms with Gasteiger partial charge in [-0.2, -0.15) is 0 Å². The summed E-state index contributed by atoms with van der Waals surface area (Å²) >= 11 is 1.13. The number of hydrogen-bond acceptors (Lipinski definition) is 8. The minimum Gasteiger partial charge on any atom is -0.469 e. The zero-order valence-electron chi connectivity index (χ0n) is 15.4. The highest BCUT2D eigenvalue weighted by atomic mass is 32.2. The van der Waals surface area contributed by atoms with Gasteiger partial charge in [-0.05, 0) is 43.7 Å². The van der Waals surface area contributed by atoms with Crippen molar-refractivity contribution in [2.45, 2.75) is 25.5 Å². The topological polar surface area (TPSA) is 107 Å². The summed E-state index contributed by atoms with van der Waals surface area (Å²) in [7, 11) is 0. The van der Waals surface area contributed by atoms with E-state index >= 15 is 0 Å². The number of esters is 1. The molecule has 0 unspecified atom stereocenters. The van der Waals surface area contributed by atoms with Gasteiger partial charge in [0.2, 0.25) is 5.91 Å². The molecule has 2 aromatic heterocycles. The highest BCUT2D eigenvalue weighted by molar-refractivity contribution is 7.99. The van der Waals surface area contributed by atoms with Crippen LogP contribution in [0.2, 0.25) is 0 Å². The van der Waals surface area contributed by atoms with Crippen molar-refractivity contribution < 1.29 is 23.2 Å². The Hall–Kier alpha value is -3.07. The number of carbonyl (C=O) groups is 2. The molecule has 0 atom stereocenters. The Bertz CT molecular complexity index is 949. The van der Waals surface area contributed by atoms with Crippen LogP contribution in [0, 0.1) is 6.92 Å². The highest BCUT2D eigenvalue weighted by Gasteiger charge is 2.14. The first kappa shape index (κ1) is 19.7. The molecular weight excluding hydrogens is 382 g/mol. The number of rotatable bonds is 8. The number of nitrogens with zero attached hydrogens (tertiary/aromatic N) is 2. The molecule has 0 saturated heterocycles. The van der Waals surface area contributed by atoms with E-state index in [9.17, 15) is 9.59 Å². The molecule has 1 aromatic carbocycles. The highest BCUT2D eigenvalue weighted by Crippen LogP contribution is 2.26. The third-order valence-corrected chi connectivity index (χ3v) is 4.48. The van der Waals surface area contributed by atoms with Crippen LogP contribution >= 0.6 is 11.8 Å². The van der Waals surface area contributed by atoms with Gasteiger partial charge < -0.3 is 18.9 Å². The van der Waals surface area contributed by atoms with Crippen molar-refractivity contribution >= 4 is 29.3 Å². The summed E-state index contributed by atoms with van der Waals surface area (Å²) in [6, 6.07) is 8.26. The number of ether oxygens (including phenoxy) is 1. The Morgan fingerprint density at radius 3 is 2.64 bits per heavy atom. The smallest absolute Gasteiger partial charge is 0.338 e. The first-order chi connectivity index (χ1) is 13.6. The SMILES string of the molecule is CCCOC(=O)c1ccc(NC(=O)CSc2nnc(-c3ccoc3C)o2)cc1. The number of anilines is 1. The van der Waals surface area contributed by atoms with Crippen molar-refractivity contribution in [3.05, 3.63) is 47.9 Å². The van der Waals surface area contributed by atoms with Crippen LogP contribution in [-0.2, 0) is 9.53 Å². The number of benzene rings is 1. The van der Waals surface area contributed by atoms with Crippen molar-refractivity contribution in [2.75, 3.05) is 17.7 Å². The third-order valence-electron chi connectivity index (χ3n) is 3.66. The average Bonchev–Trinajstić information content (AvgIpc) is 3.33. The van der Waals surface area contributed by atoms with Crippen molar-refractivity contribution in [3.63, 3.8) is 0 Å². The van der Waals surface area contributed by atoms with E-state index in [1.165, 1.54) is 0 Å². The maximum Gasteiger partial charge on any atom is 0.338 e. The first-order valence-electron chi connectivity index (χ1n) is 8.64. The maximum absolute atomic E-state index is 12.1.